The highest BCUT2D eigenvalue weighted by Gasteiger charge is 2.20. The average molecular weight is 296 g/mol. The van der Waals surface area contributed by atoms with E-state index < -0.39 is 11.7 Å². The standard InChI is InChI=1S/C16H12N2O2S/c19-14(15(20)17-10-11-6-2-1-3-7-11)16-18-12-8-4-5-9-13(12)21-16/h1-9H,10H2,(H,17,20). The molecule has 0 aliphatic carbocycles. The average Bonchev–Trinajstić information content (AvgIpc) is 2.97. The molecule has 0 bridgehead atoms. The van der Waals surface area contributed by atoms with Crippen LogP contribution in [0.2, 0.25) is 0 Å². The van der Waals surface area contributed by atoms with Crippen molar-refractivity contribution in [2.45, 2.75) is 6.54 Å². The third-order valence-corrected chi connectivity index (χ3v) is 4.03. The number of fused-ring (bicyclic) bond motifs is 1. The van der Waals surface area contributed by atoms with Gasteiger partial charge in [0.1, 0.15) is 0 Å². The topological polar surface area (TPSA) is 59.1 Å². The Kier molecular flexibility index (Phi) is 3.75. The zero-order valence-electron chi connectivity index (χ0n) is 11.1. The second-order valence-electron chi connectivity index (χ2n) is 4.48. The van der Waals surface area contributed by atoms with Crippen molar-refractivity contribution >= 4 is 33.2 Å². The van der Waals surface area contributed by atoms with E-state index in [4.69, 9.17) is 0 Å². The fourth-order valence-corrected chi connectivity index (χ4v) is 2.83. The highest BCUT2D eigenvalue weighted by molar-refractivity contribution is 7.20. The van der Waals surface area contributed by atoms with Crippen LogP contribution in [0.3, 0.4) is 0 Å². The number of Topliss-reactive ketones (excluding diaryl/α,β-unsaturated/α-hetero) is 1. The summed E-state index contributed by atoms with van der Waals surface area (Å²) in [4.78, 5) is 28.2. The van der Waals surface area contributed by atoms with Gasteiger partial charge in [0, 0.05) is 6.54 Å². The molecule has 0 aliphatic rings. The number of hydrogen-bond donors (Lipinski definition) is 1. The Bertz CT molecular complexity index is 763. The summed E-state index contributed by atoms with van der Waals surface area (Å²) in [6.45, 7) is 0.330. The summed E-state index contributed by atoms with van der Waals surface area (Å²) in [6.07, 6.45) is 0. The minimum Gasteiger partial charge on any atom is -0.345 e. The SMILES string of the molecule is O=C(NCc1ccccc1)C(=O)c1nc2ccccc2s1. The molecule has 4 nitrogen and oxygen atoms in total. The fraction of sp³-hybridized carbons (Fsp3) is 0.0625. The first kappa shape index (κ1) is 13.5. The molecule has 0 saturated heterocycles. The monoisotopic (exact) mass is 296 g/mol. The number of aromatic nitrogens is 1. The van der Waals surface area contributed by atoms with Crippen molar-refractivity contribution in [3.05, 3.63) is 65.2 Å². The van der Waals surface area contributed by atoms with Gasteiger partial charge in [-0.2, -0.15) is 0 Å². The largest absolute Gasteiger partial charge is 0.345 e. The molecule has 104 valence electrons. The van der Waals surface area contributed by atoms with Gasteiger partial charge in [-0.05, 0) is 17.7 Å². The number of nitrogens with one attached hydrogen (secondary N) is 1. The van der Waals surface area contributed by atoms with E-state index in [9.17, 15) is 9.59 Å². The number of benzene rings is 2. The van der Waals surface area contributed by atoms with Crippen molar-refractivity contribution in [2.75, 3.05) is 0 Å². The van der Waals surface area contributed by atoms with E-state index in [1.807, 2.05) is 54.6 Å². The summed E-state index contributed by atoms with van der Waals surface area (Å²) in [5.41, 5.74) is 1.68. The van der Waals surface area contributed by atoms with Crippen LogP contribution in [0.1, 0.15) is 15.4 Å². The quantitative estimate of drug-likeness (QED) is 0.595. The number of thiazole rings is 1. The van der Waals surface area contributed by atoms with E-state index in [0.29, 0.717) is 6.54 Å². The van der Waals surface area contributed by atoms with Crippen LogP contribution in [0.5, 0.6) is 0 Å². The van der Waals surface area contributed by atoms with Crippen LogP contribution in [-0.2, 0) is 11.3 Å². The summed E-state index contributed by atoms with van der Waals surface area (Å²) >= 11 is 1.23. The van der Waals surface area contributed by atoms with Crippen LogP contribution in [0, 0.1) is 0 Å². The lowest BCUT2D eigenvalue weighted by Gasteiger charge is -2.02. The van der Waals surface area contributed by atoms with E-state index in [1.165, 1.54) is 11.3 Å². The number of ketones is 1. The second-order valence-corrected chi connectivity index (χ2v) is 5.51. The van der Waals surface area contributed by atoms with Crippen molar-refractivity contribution in [1.82, 2.24) is 10.3 Å². The predicted molar refractivity (Wildman–Crippen MR) is 82.2 cm³/mol. The molecule has 1 heterocycles. The van der Waals surface area contributed by atoms with Crippen LogP contribution in [0.4, 0.5) is 0 Å². The molecule has 1 amide bonds. The Hall–Kier alpha value is -2.53. The van der Waals surface area contributed by atoms with E-state index in [1.54, 1.807) is 0 Å². The normalized spacial score (nSPS) is 10.5. The fourth-order valence-electron chi connectivity index (χ4n) is 1.92. The van der Waals surface area contributed by atoms with Gasteiger partial charge >= 0.3 is 0 Å². The van der Waals surface area contributed by atoms with Gasteiger partial charge in [0.25, 0.3) is 11.7 Å². The van der Waals surface area contributed by atoms with Crippen molar-refractivity contribution < 1.29 is 9.59 Å². The molecule has 0 saturated carbocycles. The molecule has 3 aromatic rings. The zero-order chi connectivity index (χ0) is 14.7. The molecule has 2 aromatic carbocycles. The van der Waals surface area contributed by atoms with E-state index in [-0.39, 0.29) is 5.01 Å². The zero-order valence-corrected chi connectivity index (χ0v) is 11.9. The van der Waals surface area contributed by atoms with Crippen molar-refractivity contribution in [2.24, 2.45) is 0 Å². The molecule has 0 radical (unpaired) electrons. The van der Waals surface area contributed by atoms with Crippen molar-refractivity contribution in [3.63, 3.8) is 0 Å². The van der Waals surface area contributed by atoms with E-state index in [0.717, 1.165) is 15.8 Å². The highest BCUT2D eigenvalue weighted by atomic mass is 32.1. The second kappa shape index (κ2) is 5.85. The van der Waals surface area contributed by atoms with Gasteiger partial charge in [0.05, 0.1) is 10.2 Å². The minimum absolute atomic E-state index is 0.224. The molecule has 0 atom stereocenters. The van der Waals surface area contributed by atoms with Crippen LogP contribution < -0.4 is 5.32 Å². The molecular formula is C16H12N2O2S. The van der Waals surface area contributed by atoms with Gasteiger partial charge < -0.3 is 5.32 Å². The van der Waals surface area contributed by atoms with Gasteiger partial charge in [-0.25, -0.2) is 4.98 Å². The smallest absolute Gasteiger partial charge is 0.295 e. The molecule has 0 spiro atoms. The maximum Gasteiger partial charge on any atom is 0.295 e. The van der Waals surface area contributed by atoms with Crippen LogP contribution in [0.15, 0.2) is 54.6 Å². The maximum absolute atomic E-state index is 12.1. The first-order valence-electron chi connectivity index (χ1n) is 6.46. The summed E-state index contributed by atoms with van der Waals surface area (Å²) < 4.78 is 0.900. The number of nitrogens with zero attached hydrogens (tertiary/aromatic N) is 1. The summed E-state index contributed by atoms with van der Waals surface area (Å²) in [5.74, 6) is -1.22. The first-order valence-corrected chi connectivity index (χ1v) is 7.28. The molecule has 0 unspecified atom stereocenters. The van der Waals surface area contributed by atoms with Crippen LogP contribution >= 0.6 is 11.3 Å². The molecule has 1 N–H and O–H groups in total. The maximum atomic E-state index is 12.1. The van der Waals surface area contributed by atoms with Gasteiger partial charge in [0.15, 0.2) is 5.01 Å². The molecule has 0 fully saturated rings. The Morgan fingerprint density at radius 3 is 2.48 bits per heavy atom. The summed E-state index contributed by atoms with van der Waals surface area (Å²) in [7, 11) is 0. The summed E-state index contributed by atoms with van der Waals surface area (Å²) in [6, 6.07) is 16.9. The van der Waals surface area contributed by atoms with Crippen molar-refractivity contribution in [1.29, 1.82) is 0 Å². The Morgan fingerprint density at radius 2 is 1.71 bits per heavy atom. The molecule has 5 heteroatoms. The number of hydrogen-bond acceptors (Lipinski definition) is 4. The number of carbonyl (C=O) groups is 2. The minimum atomic E-state index is -0.627. The number of para-hydroxylation sites is 1. The van der Waals surface area contributed by atoms with Gasteiger partial charge in [-0.1, -0.05) is 42.5 Å². The number of amides is 1. The highest BCUT2D eigenvalue weighted by Crippen LogP contribution is 2.21. The lowest BCUT2D eigenvalue weighted by atomic mass is 10.2. The van der Waals surface area contributed by atoms with Crippen LogP contribution in [-0.4, -0.2) is 16.7 Å². The Morgan fingerprint density at radius 1 is 1.00 bits per heavy atom. The Labute approximate surface area is 125 Å². The number of carbonyl (C=O) groups excluding carboxylic acids is 2. The molecule has 21 heavy (non-hydrogen) atoms. The van der Waals surface area contributed by atoms with E-state index in [2.05, 4.69) is 10.3 Å². The molecule has 0 aliphatic heterocycles. The van der Waals surface area contributed by atoms with Crippen molar-refractivity contribution in [3.8, 4) is 0 Å². The first-order chi connectivity index (χ1) is 10.2. The van der Waals surface area contributed by atoms with Gasteiger partial charge in [-0.15, -0.1) is 11.3 Å². The predicted octanol–water partition coefficient (Wildman–Crippen LogP) is 2.80. The van der Waals surface area contributed by atoms with Crippen LogP contribution in [0.25, 0.3) is 10.2 Å². The molecule has 1 aromatic heterocycles. The lowest BCUT2D eigenvalue weighted by Crippen LogP contribution is -2.30. The third kappa shape index (κ3) is 2.98. The van der Waals surface area contributed by atoms with Gasteiger partial charge in [0.2, 0.25) is 0 Å². The molecule has 3 rings (SSSR count). The number of rotatable bonds is 4. The van der Waals surface area contributed by atoms with E-state index >= 15 is 0 Å². The lowest BCUT2D eigenvalue weighted by molar-refractivity contribution is -0.117. The third-order valence-electron chi connectivity index (χ3n) is 2.99. The Balaban J connectivity index is 1.71. The summed E-state index contributed by atoms with van der Waals surface area (Å²) in [5, 5.41) is 2.84. The molecular weight excluding hydrogens is 284 g/mol. The van der Waals surface area contributed by atoms with Gasteiger partial charge in [-0.3, -0.25) is 9.59 Å².